The Kier molecular flexibility index (Phi) is 15.4. The molecule has 0 saturated heterocycles. The molecule has 0 spiro atoms. The van der Waals surface area contributed by atoms with Crippen LogP contribution in [-0.4, -0.2) is 53.8 Å². The lowest BCUT2D eigenvalue weighted by molar-refractivity contribution is -0.132. The van der Waals surface area contributed by atoms with Crippen LogP contribution in [0, 0.1) is 0 Å². The minimum atomic E-state index is -0.329. The van der Waals surface area contributed by atoms with E-state index in [1.54, 1.807) is 0 Å². The van der Waals surface area contributed by atoms with Crippen LogP contribution in [0.15, 0.2) is 0 Å². The van der Waals surface area contributed by atoms with Gasteiger partial charge in [-0.2, -0.15) is 0 Å². The van der Waals surface area contributed by atoms with Crippen LogP contribution < -0.4 is 5.73 Å². The van der Waals surface area contributed by atoms with Gasteiger partial charge in [0.1, 0.15) is 0 Å². The van der Waals surface area contributed by atoms with Gasteiger partial charge in [-0.15, -0.1) is 0 Å². The normalized spacial score (nSPS) is 12.3. The molecule has 0 aromatic heterocycles. The van der Waals surface area contributed by atoms with Crippen molar-refractivity contribution < 1.29 is 9.59 Å². The lowest BCUT2D eigenvalue weighted by Gasteiger charge is -2.29. The number of amides is 2. The van der Waals surface area contributed by atoms with Gasteiger partial charge in [0.25, 0.3) is 0 Å². The second kappa shape index (κ2) is 16.1. The number of hydrogen-bond donors (Lipinski definition) is 1. The Morgan fingerprint density at radius 1 is 0.808 bits per heavy atom. The molecule has 5 heteroatoms. The van der Waals surface area contributed by atoms with Crippen LogP contribution in [0.1, 0.15) is 91.9 Å². The summed E-state index contributed by atoms with van der Waals surface area (Å²) in [4.78, 5) is 28.7. The van der Waals surface area contributed by atoms with E-state index in [2.05, 4.69) is 32.6 Å². The van der Waals surface area contributed by atoms with Gasteiger partial charge in [0.15, 0.2) is 0 Å². The van der Waals surface area contributed by atoms with E-state index in [0.717, 1.165) is 58.3 Å². The highest BCUT2D eigenvalue weighted by Crippen LogP contribution is 2.12. The van der Waals surface area contributed by atoms with E-state index >= 15 is 0 Å². The first-order chi connectivity index (χ1) is 12.5. The van der Waals surface area contributed by atoms with E-state index in [-0.39, 0.29) is 17.9 Å². The van der Waals surface area contributed by atoms with E-state index in [1.165, 1.54) is 19.3 Å². The second-order valence-electron chi connectivity index (χ2n) is 7.23. The van der Waals surface area contributed by atoms with E-state index in [0.29, 0.717) is 12.8 Å². The van der Waals surface area contributed by atoms with Gasteiger partial charge in [0, 0.05) is 19.5 Å². The average molecular weight is 370 g/mol. The van der Waals surface area contributed by atoms with Gasteiger partial charge in [-0.3, -0.25) is 14.5 Å². The summed E-state index contributed by atoms with van der Waals surface area (Å²) in [6, 6.07) is -0.329. The highest BCUT2D eigenvalue weighted by Gasteiger charge is 2.24. The molecule has 0 unspecified atom stereocenters. The molecule has 1 atom stereocenters. The van der Waals surface area contributed by atoms with E-state index in [9.17, 15) is 9.59 Å². The number of carbonyl (C=O) groups excluding carboxylic acids is 2. The van der Waals surface area contributed by atoms with Crippen LogP contribution >= 0.6 is 0 Å². The fraction of sp³-hybridized carbons (Fsp3) is 0.905. The van der Waals surface area contributed by atoms with Crippen molar-refractivity contribution in [3.63, 3.8) is 0 Å². The Morgan fingerprint density at radius 3 is 1.85 bits per heavy atom. The Bertz CT molecular complexity index is 366. The number of unbranched alkanes of at least 4 members (excludes halogenated alkanes) is 5. The maximum Gasteiger partial charge on any atom is 0.234 e. The number of nitrogens with two attached hydrogens (primary N) is 1. The summed E-state index contributed by atoms with van der Waals surface area (Å²) in [5, 5.41) is 0. The number of primary amides is 1. The molecule has 0 aliphatic heterocycles. The van der Waals surface area contributed by atoms with Gasteiger partial charge < -0.3 is 10.6 Å². The third kappa shape index (κ3) is 10.8. The van der Waals surface area contributed by atoms with E-state index in [1.807, 2.05) is 4.90 Å². The van der Waals surface area contributed by atoms with Crippen molar-refractivity contribution in [2.24, 2.45) is 5.73 Å². The molecular weight excluding hydrogens is 326 g/mol. The van der Waals surface area contributed by atoms with Crippen molar-refractivity contribution in [3.05, 3.63) is 0 Å². The molecule has 0 fully saturated rings. The number of rotatable bonds is 17. The molecule has 2 amide bonds. The maximum atomic E-state index is 12.6. The molecule has 5 nitrogen and oxygen atoms in total. The summed E-state index contributed by atoms with van der Waals surface area (Å²) in [6.07, 6.45) is 9.87. The smallest absolute Gasteiger partial charge is 0.234 e. The summed E-state index contributed by atoms with van der Waals surface area (Å²) in [7, 11) is 0. The third-order valence-electron chi connectivity index (χ3n) is 5.02. The van der Waals surface area contributed by atoms with Crippen molar-refractivity contribution in [1.82, 2.24) is 9.80 Å². The summed E-state index contributed by atoms with van der Waals surface area (Å²) in [6.45, 7) is 11.9. The minimum Gasteiger partial charge on any atom is -0.368 e. The Balaban J connectivity index is 4.65. The standard InChI is InChI=1S/C21H43N3O2/c1-5-9-12-13-18-23(8-4)19(21(22)26)14-15-20(25)24(16-10-6-2)17-11-7-3/h19H,5-18H2,1-4H3,(H2,22,26)/t19-/m0/s1. The highest BCUT2D eigenvalue weighted by molar-refractivity contribution is 5.81. The molecule has 0 bridgehead atoms. The van der Waals surface area contributed by atoms with Crippen molar-refractivity contribution >= 4 is 11.8 Å². The molecular formula is C21H43N3O2. The van der Waals surface area contributed by atoms with Crippen LogP contribution in [-0.2, 0) is 9.59 Å². The first-order valence-corrected chi connectivity index (χ1v) is 10.8. The van der Waals surface area contributed by atoms with E-state index < -0.39 is 0 Å². The van der Waals surface area contributed by atoms with Gasteiger partial charge in [0.2, 0.25) is 11.8 Å². The molecule has 0 aliphatic carbocycles. The molecule has 0 saturated carbocycles. The van der Waals surface area contributed by atoms with Gasteiger partial charge in [0.05, 0.1) is 6.04 Å². The average Bonchev–Trinajstić information content (AvgIpc) is 2.63. The van der Waals surface area contributed by atoms with Gasteiger partial charge >= 0.3 is 0 Å². The summed E-state index contributed by atoms with van der Waals surface area (Å²) in [5.74, 6) is -0.135. The quantitative estimate of drug-likeness (QED) is 0.395. The van der Waals surface area contributed by atoms with Crippen molar-refractivity contribution in [2.45, 2.75) is 97.9 Å². The molecule has 2 N–H and O–H groups in total. The van der Waals surface area contributed by atoms with Crippen LogP contribution in [0.4, 0.5) is 0 Å². The Labute approximate surface area is 161 Å². The van der Waals surface area contributed by atoms with Crippen LogP contribution in [0.2, 0.25) is 0 Å². The van der Waals surface area contributed by atoms with Gasteiger partial charge in [-0.25, -0.2) is 0 Å². The third-order valence-corrected chi connectivity index (χ3v) is 5.02. The summed E-state index contributed by atoms with van der Waals surface area (Å²) >= 11 is 0. The monoisotopic (exact) mass is 369 g/mol. The highest BCUT2D eigenvalue weighted by atomic mass is 16.2. The zero-order valence-electron chi connectivity index (χ0n) is 17.8. The fourth-order valence-corrected chi connectivity index (χ4v) is 3.26. The molecule has 0 aromatic carbocycles. The lowest BCUT2D eigenvalue weighted by Crippen LogP contribution is -2.46. The summed E-state index contributed by atoms with van der Waals surface area (Å²) in [5.41, 5.74) is 5.66. The molecule has 0 aromatic rings. The van der Waals surface area contributed by atoms with Crippen LogP contribution in [0.3, 0.4) is 0 Å². The van der Waals surface area contributed by atoms with Crippen molar-refractivity contribution in [2.75, 3.05) is 26.2 Å². The first kappa shape index (κ1) is 24.9. The molecule has 0 aliphatic rings. The zero-order valence-corrected chi connectivity index (χ0v) is 17.8. The Morgan fingerprint density at radius 2 is 1.38 bits per heavy atom. The summed E-state index contributed by atoms with van der Waals surface area (Å²) < 4.78 is 0. The topological polar surface area (TPSA) is 66.6 Å². The van der Waals surface area contributed by atoms with Crippen LogP contribution in [0.5, 0.6) is 0 Å². The number of nitrogens with zero attached hydrogens (tertiary/aromatic N) is 2. The second-order valence-corrected chi connectivity index (χ2v) is 7.23. The predicted octanol–water partition coefficient (Wildman–Crippen LogP) is 3.95. The lowest BCUT2D eigenvalue weighted by atomic mass is 10.1. The molecule has 0 rings (SSSR count). The number of hydrogen-bond acceptors (Lipinski definition) is 3. The molecule has 0 heterocycles. The first-order valence-electron chi connectivity index (χ1n) is 10.8. The minimum absolute atomic E-state index is 0.167. The molecule has 26 heavy (non-hydrogen) atoms. The van der Waals surface area contributed by atoms with Crippen molar-refractivity contribution in [1.29, 1.82) is 0 Å². The predicted molar refractivity (Wildman–Crippen MR) is 110 cm³/mol. The molecule has 0 radical (unpaired) electrons. The fourth-order valence-electron chi connectivity index (χ4n) is 3.26. The largest absolute Gasteiger partial charge is 0.368 e. The van der Waals surface area contributed by atoms with Crippen molar-refractivity contribution in [3.8, 4) is 0 Å². The van der Waals surface area contributed by atoms with E-state index in [4.69, 9.17) is 5.73 Å². The molecule has 154 valence electrons. The number of likely N-dealkylation sites (N-methyl/N-ethyl adjacent to an activating group) is 1. The number of carbonyl (C=O) groups is 2. The Hall–Kier alpha value is -1.10. The SMILES string of the molecule is CCCCCCN(CC)[C@@H](CCC(=O)N(CCCC)CCCC)C(N)=O. The maximum absolute atomic E-state index is 12.6. The zero-order chi connectivity index (χ0) is 19.8. The van der Waals surface area contributed by atoms with Gasteiger partial charge in [-0.1, -0.05) is 59.8 Å². The van der Waals surface area contributed by atoms with Crippen LogP contribution in [0.25, 0.3) is 0 Å². The van der Waals surface area contributed by atoms with Gasteiger partial charge in [-0.05, 0) is 38.8 Å².